The topological polar surface area (TPSA) is 67.6 Å². The number of pyridine rings is 1. The van der Waals surface area contributed by atoms with Gasteiger partial charge in [0.15, 0.2) is 5.82 Å². The Hall–Kier alpha value is -2.28. The number of nitrogens with zero attached hydrogens (tertiary/aromatic N) is 3. The lowest BCUT2D eigenvalue weighted by atomic mass is 10.4. The zero-order valence-electron chi connectivity index (χ0n) is 7.38. The van der Waals surface area contributed by atoms with Crippen LogP contribution in [0.4, 0.5) is 5.69 Å². The van der Waals surface area contributed by atoms with E-state index in [4.69, 9.17) is 11.0 Å². The van der Waals surface area contributed by atoms with Gasteiger partial charge in [0.05, 0.1) is 5.69 Å². The van der Waals surface area contributed by atoms with Gasteiger partial charge in [-0.15, -0.1) is 0 Å². The Morgan fingerprint density at radius 3 is 2.93 bits per heavy atom. The van der Waals surface area contributed by atoms with Gasteiger partial charge in [0, 0.05) is 12.4 Å². The lowest BCUT2D eigenvalue weighted by Crippen LogP contribution is -2.02. The van der Waals surface area contributed by atoms with Crippen LogP contribution in [-0.4, -0.2) is 9.55 Å². The molecule has 0 aliphatic carbocycles. The summed E-state index contributed by atoms with van der Waals surface area (Å²) in [6, 6.07) is 9.08. The molecular formula is C10H8N4. The van der Waals surface area contributed by atoms with E-state index in [-0.39, 0.29) is 0 Å². The molecule has 0 saturated heterocycles. The van der Waals surface area contributed by atoms with Crippen molar-refractivity contribution in [2.75, 3.05) is 5.73 Å². The van der Waals surface area contributed by atoms with E-state index in [1.165, 1.54) is 0 Å². The molecule has 0 saturated carbocycles. The first-order chi connectivity index (χ1) is 6.83. The molecule has 14 heavy (non-hydrogen) atoms. The van der Waals surface area contributed by atoms with Crippen LogP contribution in [0.5, 0.6) is 0 Å². The van der Waals surface area contributed by atoms with E-state index in [1.54, 1.807) is 41.2 Å². The summed E-state index contributed by atoms with van der Waals surface area (Å²) in [4.78, 5) is 4.12. The zero-order valence-corrected chi connectivity index (χ0v) is 7.38. The summed E-state index contributed by atoms with van der Waals surface area (Å²) < 4.78 is 1.66. The fourth-order valence-corrected chi connectivity index (χ4v) is 1.27. The summed E-state index contributed by atoms with van der Waals surface area (Å²) in [5.74, 6) is 0.592. The number of aromatic nitrogens is 2. The molecule has 0 spiro atoms. The van der Waals surface area contributed by atoms with E-state index in [9.17, 15) is 0 Å². The Morgan fingerprint density at radius 2 is 2.21 bits per heavy atom. The van der Waals surface area contributed by atoms with Gasteiger partial charge in [-0.05, 0) is 24.3 Å². The van der Waals surface area contributed by atoms with Gasteiger partial charge in [-0.2, -0.15) is 5.26 Å². The molecule has 0 unspecified atom stereocenters. The van der Waals surface area contributed by atoms with E-state index in [2.05, 4.69) is 11.1 Å². The maximum atomic E-state index is 8.82. The van der Waals surface area contributed by atoms with Crippen molar-refractivity contribution in [3.8, 4) is 11.9 Å². The highest BCUT2D eigenvalue weighted by Crippen LogP contribution is 2.15. The Bertz CT molecular complexity index is 493. The largest absolute Gasteiger partial charge is 0.396 e. The normalized spacial score (nSPS) is 9.64. The van der Waals surface area contributed by atoms with Gasteiger partial charge in [-0.3, -0.25) is 4.57 Å². The maximum Gasteiger partial charge on any atom is 0.160 e. The van der Waals surface area contributed by atoms with Crippen LogP contribution in [-0.2, 0) is 0 Å². The third-order valence-electron chi connectivity index (χ3n) is 1.91. The first-order valence-electron chi connectivity index (χ1n) is 4.11. The van der Waals surface area contributed by atoms with Gasteiger partial charge < -0.3 is 5.73 Å². The van der Waals surface area contributed by atoms with Crippen LogP contribution in [0, 0.1) is 11.3 Å². The molecule has 2 N–H and O–H groups in total. The van der Waals surface area contributed by atoms with E-state index in [0.717, 1.165) is 0 Å². The molecule has 0 aromatic carbocycles. The van der Waals surface area contributed by atoms with Crippen molar-refractivity contribution < 1.29 is 0 Å². The molecule has 2 rings (SSSR count). The lowest BCUT2D eigenvalue weighted by Gasteiger charge is -2.05. The fourth-order valence-electron chi connectivity index (χ4n) is 1.27. The van der Waals surface area contributed by atoms with Gasteiger partial charge in [0.2, 0.25) is 0 Å². The number of nitrogens with two attached hydrogens (primary N) is 1. The first-order valence-corrected chi connectivity index (χ1v) is 4.11. The van der Waals surface area contributed by atoms with E-state index in [0.29, 0.717) is 17.2 Å². The highest BCUT2D eigenvalue weighted by Gasteiger charge is 2.05. The maximum absolute atomic E-state index is 8.82. The van der Waals surface area contributed by atoms with Crippen molar-refractivity contribution in [2.45, 2.75) is 0 Å². The Morgan fingerprint density at radius 1 is 1.36 bits per heavy atom. The number of nitriles is 1. The molecule has 0 atom stereocenters. The van der Waals surface area contributed by atoms with Crippen LogP contribution < -0.4 is 5.73 Å². The van der Waals surface area contributed by atoms with Gasteiger partial charge in [-0.25, -0.2) is 4.98 Å². The van der Waals surface area contributed by atoms with E-state index in [1.807, 2.05) is 0 Å². The summed E-state index contributed by atoms with van der Waals surface area (Å²) in [6.07, 6.45) is 3.41. The van der Waals surface area contributed by atoms with Crippen molar-refractivity contribution >= 4 is 5.69 Å². The smallest absolute Gasteiger partial charge is 0.160 e. The highest BCUT2D eigenvalue weighted by atomic mass is 15.1. The summed E-state index contributed by atoms with van der Waals surface area (Å²) in [5.41, 5.74) is 6.82. The van der Waals surface area contributed by atoms with E-state index < -0.39 is 0 Å². The van der Waals surface area contributed by atoms with Crippen LogP contribution in [0.15, 0.2) is 36.7 Å². The summed E-state index contributed by atoms with van der Waals surface area (Å²) in [7, 11) is 0. The van der Waals surface area contributed by atoms with Crippen LogP contribution >= 0.6 is 0 Å². The minimum atomic E-state index is 0.524. The van der Waals surface area contributed by atoms with Crippen LogP contribution in [0.25, 0.3) is 5.82 Å². The molecule has 2 aromatic heterocycles. The Balaban J connectivity index is 2.62. The molecule has 0 amide bonds. The molecule has 0 radical (unpaired) electrons. The summed E-state index contributed by atoms with van der Waals surface area (Å²) in [5, 5.41) is 8.82. The predicted molar refractivity (Wildman–Crippen MR) is 52.7 cm³/mol. The third kappa shape index (κ3) is 1.21. The number of nitrogen functional groups attached to an aromatic ring is 1. The molecule has 4 heteroatoms. The standard InChI is InChI=1S/C10H8N4/c11-7-8-3-2-6-14(8)10-9(12)4-1-5-13-10/h1-6H,12H2. The van der Waals surface area contributed by atoms with Crippen molar-refractivity contribution in [3.05, 3.63) is 42.4 Å². The highest BCUT2D eigenvalue weighted by molar-refractivity contribution is 5.54. The molecule has 68 valence electrons. The van der Waals surface area contributed by atoms with Gasteiger partial charge >= 0.3 is 0 Å². The van der Waals surface area contributed by atoms with Crippen molar-refractivity contribution in [1.29, 1.82) is 5.26 Å². The van der Waals surface area contributed by atoms with Crippen molar-refractivity contribution in [1.82, 2.24) is 9.55 Å². The molecule has 4 nitrogen and oxygen atoms in total. The van der Waals surface area contributed by atoms with Crippen molar-refractivity contribution in [2.24, 2.45) is 0 Å². The monoisotopic (exact) mass is 184 g/mol. The minimum absolute atomic E-state index is 0.524. The SMILES string of the molecule is N#Cc1cccn1-c1ncccc1N. The number of hydrogen-bond acceptors (Lipinski definition) is 3. The van der Waals surface area contributed by atoms with E-state index >= 15 is 0 Å². The average molecular weight is 184 g/mol. The Labute approximate surface area is 81.2 Å². The summed E-state index contributed by atoms with van der Waals surface area (Å²) >= 11 is 0. The molecule has 2 aromatic rings. The quantitative estimate of drug-likeness (QED) is 0.726. The van der Waals surface area contributed by atoms with Gasteiger partial charge in [0.1, 0.15) is 11.8 Å². The first kappa shape index (κ1) is 8.32. The van der Waals surface area contributed by atoms with Crippen LogP contribution in [0.3, 0.4) is 0 Å². The molecule has 2 heterocycles. The minimum Gasteiger partial charge on any atom is -0.396 e. The molecule has 0 aliphatic rings. The second-order valence-corrected chi connectivity index (χ2v) is 2.79. The second kappa shape index (κ2) is 3.23. The lowest BCUT2D eigenvalue weighted by molar-refractivity contribution is 0.993. The van der Waals surface area contributed by atoms with Crippen molar-refractivity contribution in [3.63, 3.8) is 0 Å². The molecule has 0 fully saturated rings. The fraction of sp³-hybridized carbons (Fsp3) is 0. The second-order valence-electron chi connectivity index (χ2n) is 2.79. The third-order valence-corrected chi connectivity index (χ3v) is 1.91. The number of hydrogen-bond donors (Lipinski definition) is 1. The zero-order chi connectivity index (χ0) is 9.97. The number of rotatable bonds is 1. The van der Waals surface area contributed by atoms with Gasteiger partial charge in [-0.1, -0.05) is 0 Å². The summed E-state index contributed by atoms with van der Waals surface area (Å²) in [6.45, 7) is 0. The number of anilines is 1. The van der Waals surface area contributed by atoms with Crippen LogP contribution in [0.1, 0.15) is 5.69 Å². The predicted octanol–water partition coefficient (Wildman–Crippen LogP) is 1.33. The molecule has 0 bridgehead atoms. The Kier molecular flexibility index (Phi) is 1.92. The molecular weight excluding hydrogens is 176 g/mol. The molecule has 0 aliphatic heterocycles. The average Bonchev–Trinajstić information content (AvgIpc) is 2.66. The van der Waals surface area contributed by atoms with Crippen LogP contribution in [0.2, 0.25) is 0 Å². The van der Waals surface area contributed by atoms with Gasteiger partial charge in [0.25, 0.3) is 0 Å².